The number of aliphatic hydroxyl groups is 1. The lowest BCUT2D eigenvalue weighted by Crippen LogP contribution is -2.57. The summed E-state index contributed by atoms with van der Waals surface area (Å²) in [7, 11) is -2.48. The van der Waals surface area contributed by atoms with Crippen molar-refractivity contribution < 1.29 is 27.9 Å². The van der Waals surface area contributed by atoms with Crippen molar-refractivity contribution >= 4 is 33.3 Å². The van der Waals surface area contributed by atoms with Gasteiger partial charge in [-0.15, -0.1) is 11.3 Å². The molecule has 1 aliphatic heterocycles. The second kappa shape index (κ2) is 16.9. The first-order valence-corrected chi connectivity index (χ1v) is 19.2. The summed E-state index contributed by atoms with van der Waals surface area (Å²) in [5, 5.41) is 15.8. The van der Waals surface area contributed by atoms with Crippen LogP contribution in [0.2, 0.25) is 0 Å². The number of nitrogens with zero attached hydrogens (tertiary/aromatic N) is 4. The number of urea groups is 1. The number of aryl methyl sites for hydroxylation is 2. The third kappa shape index (κ3) is 9.59. The Morgan fingerprint density at radius 3 is 2.33 bits per heavy atom. The Kier molecular flexibility index (Phi) is 13.2. The SMILES string of the molecule is CCc1sc(C)nc1CN1CCN(C(C(=O)N[C@@H](Cc2ccccc2)[C@H](O)CN(CC(C)C)S(=O)(=O)c2ccc(OC)cc2)C(C)C)C1=O. The molecule has 0 bridgehead atoms. The molecule has 0 aliphatic carbocycles. The van der Waals surface area contributed by atoms with Crippen LogP contribution in [0.3, 0.4) is 0 Å². The van der Waals surface area contributed by atoms with Crippen molar-refractivity contribution in [2.75, 3.05) is 33.3 Å². The van der Waals surface area contributed by atoms with Gasteiger partial charge in [0.05, 0.1) is 41.4 Å². The van der Waals surface area contributed by atoms with E-state index in [2.05, 4.69) is 17.2 Å². The Morgan fingerprint density at radius 2 is 1.73 bits per heavy atom. The summed E-state index contributed by atoms with van der Waals surface area (Å²) in [5.41, 5.74) is 1.77. The molecule has 2 aromatic carbocycles. The van der Waals surface area contributed by atoms with Crippen molar-refractivity contribution in [3.8, 4) is 5.75 Å². The number of benzene rings is 2. The minimum Gasteiger partial charge on any atom is -0.497 e. The molecule has 1 unspecified atom stereocenters. The van der Waals surface area contributed by atoms with E-state index in [1.54, 1.807) is 33.3 Å². The van der Waals surface area contributed by atoms with Crippen molar-refractivity contribution in [2.24, 2.45) is 11.8 Å². The van der Waals surface area contributed by atoms with Crippen LogP contribution in [0.4, 0.5) is 4.79 Å². The first kappa shape index (κ1) is 38.3. The minimum absolute atomic E-state index is 0.0292. The molecule has 0 radical (unpaired) electrons. The van der Waals surface area contributed by atoms with Gasteiger partial charge in [-0.05, 0) is 61.4 Å². The van der Waals surface area contributed by atoms with Crippen LogP contribution in [0, 0.1) is 18.8 Å². The number of carbonyl (C=O) groups is 2. The van der Waals surface area contributed by atoms with Crippen LogP contribution in [0.5, 0.6) is 5.75 Å². The third-order valence-electron chi connectivity index (χ3n) is 8.66. The molecule has 3 amide bonds. The lowest BCUT2D eigenvalue weighted by atomic mass is 9.97. The van der Waals surface area contributed by atoms with E-state index in [-0.39, 0.29) is 42.3 Å². The summed E-state index contributed by atoms with van der Waals surface area (Å²) < 4.78 is 34.2. The number of hydrogen-bond donors (Lipinski definition) is 2. The molecule has 1 aliphatic rings. The predicted molar refractivity (Wildman–Crippen MR) is 192 cm³/mol. The third-order valence-corrected chi connectivity index (χ3v) is 11.7. The fraction of sp³-hybridized carbons (Fsp3) is 0.528. The molecule has 0 saturated carbocycles. The highest BCUT2D eigenvalue weighted by Gasteiger charge is 2.41. The van der Waals surface area contributed by atoms with Gasteiger partial charge in [0.25, 0.3) is 0 Å². The summed E-state index contributed by atoms with van der Waals surface area (Å²) >= 11 is 1.64. The zero-order valence-corrected chi connectivity index (χ0v) is 31.3. The number of amides is 3. The Bertz CT molecular complexity index is 1650. The molecule has 0 spiro atoms. The van der Waals surface area contributed by atoms with E-state index in [0.717, 1.165) is 27.6 Å². The molecule has 4 rings (SSSR count). The number of rotatable bonds is 17. The number of nitrogens with one attached hydrogen (secondary N) is 1. The lowest BCUT2D eigenvalue weighted by molar-refractivity contribution is -0.128. The minimum atomic E-state index is -3.99. The quantitative estimate of drug-likeness (QED) is 0.207. The smallest absolute Gasteiger partial charge is 0.321 e. The molecule has 1 saturated heterocycles. The average molecular weight is 714 g/mol. The topological polar surface area (TPSA) is 132 Å². The highest BCUT2D eigenvalue weighted by Crippen LogP contribution is 2.26. The summed E-state index contributed by atoms with van der Waals surface area (Å²) in [6.07, 6.45) is -0.153. The van der Waals surface area contributed by atoms with Gasteiger partial charge in [-0.1, -0.05) is 65.0 Å². The van der Waals surface area contributed by atoms with Crippen LogP contribution >= 0.6 is 11.3 Å². The van der Waals surface area contributed by atoms with E-state index >= 15 is 0 Å². The van der Waals surface area contributed by atoms with Gasteiger partial charge in [-0.25, -0.2) is 18.2 Å². The molecular weight excluding hydrogens is 663 g/mol. The molecule has 1 aromatic heterocycles. The number of thiazole rings is 1. The maximum atomic E-state index is 14.1. The number of methoxy groups -OCH3 is 1. The second-order valence-electron chi connectivity index (χ2n) is 13.3. The van der Waals surface area contributed by atoms with Gasteiger partial charge in [-0.2, -0.15) is 4.31 Å². The predicted octanol–water partition coefficient (Wildman–Crippen LogP) is 4.72. The molecular formula is C36H51N5O6S2. The normalized spacial score (nSPS) is 15.7. The van der Waals surface area contributed by atoms with Crippen molar-refractivity contribution in [3.63, 3.8) is 0 Å². The van der Waals surface area contributed by atoms with Gasteiger partial charge in [0.15, 0.2) is 0 Å². The van der Waals surface area contributed by atoms with Crippen molar-refractivity contribution in [1.82, 2.24) is 24.4 Å². The Labute approximate surface area is 295 Å². The van der Waals surface area contributed by atoms with Crippen molar-refractivity contribution in [1.29, 1.82) is 0 Å². The highest BCUT2D eigenvalue weighted by molar-refractivity contribution is 7.89. The fourth-order valence-corrected chi connectivity index (χ4v) is 8.74. The Hall–Kier alpha value is -3.52. The fourth-order valence-electron chi connectivity index (χ4n) is 6.23. The molecule has 2 heterocycles. The maximum absolute atomic E-state index is 14.1. The van der Waals surface area contributed by atoms with Crippen LogP contribution in [-0.4, -0.2) is 96.0 Å². The van der Waals surface area contributed by atoms with Gasteiger partial charge < -0.3 is 25.0 Å². The van der Waals surface area contributed by atoms with E-state index in [1.807, 2.05) is 65.0 Å². The van der Waals surface area contributed by atoms with E-state index in [9.17, 15) is 23.1 Å². The zero-order valence-electron chi connectivity index (χ0n) is 29.6. The highest BCUT2D eigenvalue weighted by atomic mass is 32.2. The van der Waals surface area contributed by atoms with Gasteiger partial charge in [0, 0.05) is 31.1 Å². The summed E-state index contributed by atoms with van der Waals surface area (Å²) in [6.45, 7) is 12.8. The van der Waals surface area contributed by atoms with Gasteiger partial charge in [0.1, 0.15) is 11.8 Å². The number of hydrogen-bond acceptors (Lipinski definition) is 8. The van der Waals surface area contributed by atoms with Crippen LogP contribution in [0.25, 0.3) is 0 Å². The molecule has 1 fully saturated rings. The average Bonchev–Trinajstić information content (AvgIpc) is 3.60. The molecule has 2 N–H and O–H groups in total. The van der Waals surface area contributed by atoms with Crippen LogP contribution in [-0.2, 0) is 34.2 Å². The molecule has 13 heteroatoms. The number of carbonyl (C=O) groups excluding carboxylic acids is 2. The molecule has 268 valence electrons. The zero-order chi connectivity index (χ0) is 35.9. The van der Waals surface area contributed by atoms with E-state index < -0.39 is 34.1 Å². The van der Waals surface area contributed by atoms with Crippen LogP contribution in [0.1, 0.15) is 55.8 Å². The lowest BCUT2D eigenvalue weighted by Gasteiger charge is -2.34. The van der Waals surface area contributed by atoms with Gasteiger partial charge in [0.2, 0.25) is 15.9 Å². The van der Waals surface area contributed by atoms with Crippen molar-refractivity contribution in [3.05, 3.63) is 75.7 Å². The number of aliphatic hydroxyl groups excluding tert-OH is 1. The first-order chi connectivity index (χ1) is 23.2. The van der Waals surface area contributed by atoms with Crippen LogP contribution < -0.4 is 10.1 Å². The van der Waals surface area contributed by atoms with E-state index in [0.29, 0.717) is 25.4 Å². The summed E-state index contributed by atoms with van der Waals surface area (Å²) in [5.74, 6) is -0.113. The first-order valence-electron chi connectivity index (χ1n) is 16.9. The van der Waals surface area contributed by atoms with Crippen LogP contribution in [0.15, 0.2) is 59.5 Å². The summed E-state index contributed by atoms with van der Waals surface area (Å²) in [4.78, 5) is 37.1. The molecule has 3 atom stereocenters. The molecule has 49 heavy (non-hydrogen) atoms. The standard InChI is InChI=1S/C36H51N5O6S2/c1-8-33-31(37-26(6)48-33)22-39-18-19-41(36(39)44)34(25(4)5)35(43)38-30(20-27-12-10-9-11-13-27)32(42)23-40(21-24(2)3)49(45,46)29-16-14-28(47-7)15-17-29/h9-17,24-25,30,32,34,42H,8,18-23H2,1-7H3,(H,38,43)/t30-,32+,34?/m0/s1. The van der Waals surface area contributed by atoms with Gasteiger partial charge in [-0.3, -0.25) is 4.79 Å². The Morgan fingerprint density at radius 1 is 1.06 bits per heavy atom. The largest absolute Gasteiger partial charge is 0.497 e. The number of sulfonamides is 1. The molecule has 11 nitrogen and oxygen atoms in total. The molecule has 3 aromatic rings. The van der Waals surface area contributed by atoms with Crippen molar-refractivity contribution in [2.45, 2.75) is 84.0 Å². The number of ether oxygens (including phenoxy) is 1. The Balaban J connectivity index is 1.57. The summed E-state index contributed by atoms with van der Waals surface area (Å²) in [6, 6.07) is 13.7. The van der Waals surface area contributed by atoms with Gasteiger partial charge >= 0.3 is 6.03 Å². The maximum Gasteiger partial charge on any atom is 0.321 e. The number of aromatic nitrogens is 1. The second-order valence-corrected chi connectivity index (χ2v) is 16.5. The monoisotopic (exact) mass is 713 g/mol. The van der Waals surface area contributed by atoms with E-state index in [4.69, 9.17) is 4.74 Å². The van der Waals surface area contributed by atoms with E-state index in [1.165, 1.54) is 23.5 Å².